The second-order valence-corrected chi connectivity index (χ2v) is 3.98. The molecule has 0 aliphatic heterocycles. The van der Waals surface area contributed by atoms with Gasteiger partial charge in [0.05, 0.1) is 17.3 Å². The van der Waals surface area contributed by atoms with Crippen molar-refractivity contribution in [3.8, 4) is 0 Å². The van der Waals surface area contributed by atoms with Crippen LogP contribution in [0.15, 0.2) is 41.0 Å². The van der Waals surface area contributed by atoms with E-state index >= 15 is 0 Å². The van der Waals surface area contributed by atoms with Crippen LogP contribution >= 0.6 is 15.9 Å². The number of carbonyl (C=O) groups excluding carboxylic acids is 1. The molecule has 0 saturated heterocycles. The zero-order valence-electron chi connectivity index (χ0n) is 8.84. The van der Waals surface area contributed by atoms with Crippen LogP contribution in [0.25, 0.3) is 0 Å². The maximum absolute atomic E-state index is 11.5. The number of Topliss-reactive ketones (excluding diaryl/α,β-unsaturated/α-hetero) is 1. The number of carbonyl (C=O) groups is 1. The highest BCUT2D eigenvalue weighted by atomic mass is 79.9. The van der Waals surface area contributed by atoms with Crippen molar-refractivity contribution in [2.45, 2.75) is 6.10 Å². The molecule has 2 rings (SSSR count). The fourth-order valence-electron chi connectivity index (χ4n) is 1.42. The van der Waals surface area contributed by atoms with Gasteiger partial charge in [-0.3, -0.25) is 4.79 Å². The summed E-state index contributed by atoms with van der Waals surface area (Å²) in [5, 5.41) is 10.2. The quantitative estimate of drug-likeness (QED) is 0.695. The van der Waals surface area contributed by atoms with Crippen molar-refractivity contribution in [2.24, 2.45) is 0 Å². The zero-order chi connectivity index (χ0) is 12.3. The van der Waals surface area contributed by atoms with Crippen molar-refractivity contribution in [1.82, 2.24) is 4.98 Å². The minimum absolute atomic E-state index is 0.126. The van der Waals surface area contributed by atoms with Gasteiger partial charge in [0.15, 0.2) is 11.9 Å². The summed E-state index contributed by atoms with van der Waals surface area (Å²) in [7, 11) is 0. The molecular weight excluding hydrogens is 286 g/mol. The molecule has 1 atom stereocenters. The van der Waals surface area contributed by atoms with Crippen LogP contribution in [-0.2, 0) is 0 Å². The molecule has 2 aromatic heterocycles. The van der Waals surface area contributed by atoms with E-state index in [9.17, 15) is 9.90 Å². The van der Waals surface area contributed by atoms with Crippen LogP contribution in [0.1, 0.15) is 28.0 Å². The van der Waals surface area contributed by atoms with Gasteiger partial charge >= 0.3 is 0 Å². The summed E-state index contributed by atoms with van der Waals surface area (Å²) in [6.07, 6.45) is 0.527. The van der Waals surface area contributed by atoms with E-state index in [-0.39, 0.29) is 11.1 Å². The Morgan fingerprint density at radius 3 is 2.88 bits per heavy atom. The number of furan rings is 1. The molecule has 0 radical (unpaired) electrons. The molecule has 2 aromatic rings. The molecule has 4 nitrogen and oxygen atoms in total. The number of rotatable bonds is 4. The van der Waals surface area contributed by atoms with E-state index in [1.165, 1.54) is 6.26 Å². The third-order valence-electron chi connectivity index (χ3n) is 2.27. The first-order valence-electron chi connectivity index (χ1n) is 5.00. The van der Waals surface area contributed by atoms with Crippen LogP contribution in [0.2, 0.25) is 0 Å². The summed E-state index contributed by atoms with van der Waals surface area (Å²) in [4.78, 5) is 15.6. The average Bonchev–Trinajstić information content (AvgIpc) is 2.91. The summed E-state index contributed by atoms with van der Waals surface area (Å²) in [5.74, 6) is 0.277. The predicted molar refractivity (Wildman–Crippen MR) is 65.1 cm³/mol. The first-order valence-corrected chi connectivity index (χ1v) is 6.12. The van der Waals surface area contributed by atoms with Gasteiger partial charge in [0.25, 0.3) is 0 Å². The van der Waals surface area contributed by atoms with Gasteiger partial charge in [-0.25, -0.2) is 4.98 Å². The van der Waals surface area contributed by atoms with Crippen LogP contribution < -0.4 is 0 Å². The number of hydrogen-bond acceptors (Lipinski definition) is 4. The lowest BCUT2D eigenvalue weighted by molar-refractivity contribution is 0.101. The minimum Gasteiger partial charge on any atom is -0.466 e. The summed E-state index contributed by atoms with van der Waals surface area (Å²) in [5.41, 5.74) is 0.719. The molecule has 17 heavy (non-hydrogen) atoms. The number of ketones is 1. The lowest BCUT2D eigenvalue weighted by atomic mass is 10.1. The summed E-state index contributed by atoms with van der Waals surface area (Å²) in [6.45, 7) is 0. The Kier molecular flexibility index (Phi) is 3.71. The number of aliphatic hydroxyl groups is 1. The molecule has 0 saturated carbocycles. The number of aliphatic hydroxyl groups excluding tert-OH is 1. The standard InChI is InChI=1S/C12H10BrNO3/c13-7-10(15)8-3-1-4-9(14-8)12(16)11-5-2-6-17-11/h1-6,12,16H,7H2. The summed E-state index contributed by atoms with van der Waals surface area (Å²) >= 11 is 3.08. The molecule has 2 heterocycles. The first-order chi connectivity index (χ1) is 8.22. The van der Waals surface area contributed by atoms with Crippen molar-refractivity contribution in [3.05, 3.63) is 53.7 Å². The van der Waals surface area contributed by atoms with Gasteiger partial charge in [-0.2, -0.15) is 0 Å². The third kappa shape index (κ3) is 2.62. The molecular formula is C12H10BrNO3. The van der Waals surface area contributed by atoms with Gasteiger partial charge in [0.1, 0.15) is 11.5 Å². The molecule has 88 valence electrons. The minimum atomic E-state index is -0.951. The van der Waals surface area contributed by atoms with Crippen LogP contribution in [0.4, 0.5) is 0 Å². The summed E-state index contributed by atoms with van der Waals surface area (Å²) < 4.78 is 5.09. The van der Waals surface area contributed by atoms with Crippen molar-refractivity contribution >= 4 is 21.7 Å². The molecule has 0 bridgehead atoms. The highest BCUT2D eigenvalue weighted by molar-refractivity contribution is 9.09. The predicted octanol–water partition coefficient (Wildman–Crippen LogP) is 2.33. The first kappa shape index (κ1) is 12.0. The van der Waals surface area contributed by atoms with E-state index in [1.807, 2.05) is 0 Å². The van der Waals surface area contributed by atoms with E-state index in [4.69, 9.17) is 4.42 Å². The number of aromatic nitrogens is 1. The number of halogens is 1. The SMILES string of the molecule is O=C(CBr)c1cccc(C(O)c2ccco2)n1. The molecule has 0 aliphatic carbocycles. The summed E-state index contributed by atoms with van der Waals surface area (Å²) in [6, 6.07) is 8.29. The zero-order valence-corrected chi connectivity index (χ0v) is 10.4. The fourth-order valence-corrected chi connectivity index (χ4v) is 1.71. The highest BCUT2D eigenvalue weighted by Gasteiger charge is 2.16. The number of hydrogen-bond donors (Lipinski definition) is 1. The van der Waals surface area contributed by atoms with Crippen LogP contribution in [-0.4, -0.2) is 21.2 Å². The van der Waals surface area contributed by atoms with Gasteiger partial charge < -0.3 is 9.52 Å². The van der Waals surface area contributed by atoms with Gasteiger partial charge in [-0.1, -0.05) is 22.0 Å². The second-order valence-electron chi connectivity index (χ2n) is 3.42. The third-order valence-corrected chi connectivity index (χ3v) is 2.78. The Labute approximate surface area is 106 Å². The Hall–Kier alpha value is -1.46. The molecule has 1 N–H and O–H groups in total. The number of alkyl halides is 1. The van der Waals surface area contributed by atoms with E-state index in [0.29, 0.717) is 17.1 Å². The molecule has 0 amide bonds. The Morgan fingerprint density at radius 1 is 1.41 bits per heavy atom. The molecule has 0 aromatic carbocycles. The maximum Gasteiger partial charge on any atom is 0.191 e. The number of pyridine rings is 1. The Morgan fingerprint density at radius 2 is 2.24 bits per heavy atom. The highest BCUT2D eigenvalue weighted by Crippen LogP contribution is 2.20. The Bertz CT molecular complexity index is 510. The van der Waals surface area contributed by atoms with Crippen molar-refractivity contribution in [3.63, 3.8) is 0 Å². The van der Waals surface area contributed by atoms with Gasteiger partial charge in [0.2, 0.25) is 0 Å². The van der Waals surface area contributed by atoms with Crippen LogP contribution in [0.5, 0.6) is 0 Å². The van der Waals surface area contributed by atoms with E-state index in [1.54, 1.807) is 30.3 Å². The molecule has 0 aliphatic rings. The maximum atomic E-state index is 11.5. The van der Waals surface area contributed by atoms with Crippen molar-refractivity contribution in [1.29, 1.82) is 0 Å². The van der Waals surface area contributed by atoms with Gasteiger partial charge in [-0.05, 0) is 24.3 Å². The monoisotopic (exact) mass is 295 g/mol. The lowest BCUT2D eigenvalue weighted by Gasteiger charge is -2.08. The second kappa shape index (κ2) is 5.25. The van der Waals surface area contributed by atoms with Gasteiger partial charge in [-0.15, -0.1) is 0 Å². The van der Waals surface area contributed by atoms with Crippen molar-refractivity contribution in [2.75, 3.05) is 5.33 Å². The number of nitrogens with zero attached hydrogens (tertiary/aromatic N) is 1. The topological polar surface area (TPSA) is 63.3 Å². The van der Waals surface area contributed by atoms with E-state index in [0.717, 1.165) is 0 Å². The van der Waals surface area contributed by atoms with Crippen LogP contribution in [0.3, 0.4) is 0 Å². The average molecular weight is 296 g/mol. The van der Waals surface area contributed by atoms with E-state index in [2.05, 4.69) is 20.9 Å². The molecule has 5 heteroatoms. The largest absolute Gasteiger partial charge is 0.466 e. The normalized spacial score (nSPS) is 12.4. The van der Waals surface area contributed by atoms with E-state index < -0.39 is 6.10 Å². The smallest absolute Gasteiger partial charge is 0.191 e. The molecule has 0 spiro atoms. The van der Waals surface area contributed by atoms with Gasteiger partial charge in [0, 0.05) is 0 Å². The Balaban J connectivity index is 2.30. The van der Waals surface area contributed by atoms with Crippen LogP contribution in [0, 0.1) is 0 Å². The molecule has 1 unspecified atom stereocenters. The van der Waals surface area contributed by atoms with Crippen molar-refractivity contribution < 1.29 is 14.3 Å². The molecule has 0 fully saturated rings. The fraction of sp³-hybridized carbons (Fsp3) is 0.167. The lowest BCUT2D eigenvalue weighted by Crippen LogP contribution is -2.08.